The average molecular weight is 240 g/mol. The molecular weight excluding hydrogens is 220 g/mol. The predicted octanol–water partition coefficient (Wildman–Crippen LogP) is 1.14. The van der Waals surface area contributed by atoms with Crippen molar-refractivity contribution in [2.24, 2.45) is 5.41 Å². The number of amides is 2. The highest BCUT2D eigenvalue weighted by Crippen LogP contribution is 2.37. The first kappa shape index (κ1) is 12.2. The van der Waals surface area contributed by atoms with E-state index in [1.54, 1.807) is 4.90 Å². The van der Waals surface area contributed by atoms with Crippen LogP contribution >= 0.6 is 0 Å². The number of unbranched alkanes of at least 4 members (excludes halogenated alkanes) is 1. The number of nitrogens with zero attached hydrogens (tertiary/aromatic N) is 1. The van der Waals surface area contributed by atoms with Crippen molar-refractivity contribution in [2.75, 3.05) is 26.2 Å². The van der Waals surface area contributed by atoms with Gasteiger partial charge in [-0.3, -0.25) is 4.79 Å². The van der Waals surface area contributed by atoms with E-state index in [0.29, 0.717) is 19.7 Å². The van der Waals surface area contributed by atoms with Gasteiger partial charge in [0.2, 0.25) is 5.91 Å². The first-order valence-electron chi connectivity index (χ1n) is 6.38. The molecule has 0 aliphatic carbocycles. The highest BCUT2D eigenvalue weighted by molar-refractivity contribution is 5.86. The quantitative estimate of drug-likeness (QED) is 0.752. The number of carbonyl (C=O) groups is 2. The van der Waals surface area contributed by atoms with Crippen molar-refractivity contribution in [3.63, 3.8) is 0 Å². The summed E-state index contributed by atoms with van der Waals surface area (Å²) in [6.45, 7) is 4.42. The molecule has 96 valence electrons. The van der Waals surface area contributed by atoms with E-state index in [9.17, 15) is 9.59 Å². The minimum absolute atomic E-state index is 0.0985. The summed E-state index contributed by atoms with van der Waals surface area (Å²) in [4.78, 5) is 25.1. The Kier molecular flexibility index (Phi) is 3.54. The number of rotatable bonds is 3. The van der Waals surface area contributed by atoms with Gasteiger partial charge in [0.25, 0.3) is 0 Å². The SMILES string of the molecule is CCCCOC(=O)N1CCC2(CCNC2=O)C1. The molecule has 2 heterocycles. The van der Waals surface area contributed by atoms with E-state index in [4.69, 9.17) is 4.74 Å². The number of nitrogens with one attached hydrogen (secondary N) is 1. The maximum absolute atomic E-state index is 11.7. The lowest BCUT2D eigenvalue weighted by molar-refractivity contribution is -0.126. The molecule has 1 spiro atoms. The molecule has 1 unspecified atom stereocenters. The second-order valence-electron chi connectivity index (χ2n) is 4.93. The van der Waals surface area contributed by atoms with Crippen LogP contribution in [0, 0.1) is 5.41 Å². The highest BCUT2D eigenvalue weighted by atomic mass is 16.6. The van der Waals surface area contributed by atoms with Crippen molar-refractivity contribution in [1.82, 2.24) is 10.2 Å². The third-order valence-electron chi connectivity index (χ3n) is 3.71. The number of ether oxygens (including phenoxy) is 1. The Morgan fingerprint density at radius 3 is 3.00 bits per heavy atom. The third-order valence-corrected chi connectivity index (χ3v) is 3.71. The van der Waals surface area contributed by atoms with Crippen molar-refractivity contribution in [3.05, 3.63) is 0 Å². The minimum atomic E-state index is -0.330. The number of hydrogen-bond acceptors (Lipinski definition) is 3. The van der Waals surface area contributed by atoms with Crippen LogP contribution in [0.4, 0.5) is 4.79 Å². The summed E-state index contributed by atoms with van der Waals surface area (Å²) in [5.41, 5.74) is -0.330. The molecule has 2 saturated heterocycles. The molecule has 0 aromatic heterocycles. The molecule has 2 fully saturated rings. The highest BCUT2D eigenvalue weighted by Gasteiger charge is 2.48. The fraction of sp³-hybridized carbons (Fsp3) is 0.833. The Balaban J connectivity index is 1.85. The standard InChI is InChI=1S/C12H20N2O3/c1-2-3-8-17-11(16)14-7-5-12(9-14)4-6-13-10(12)15/h2-9H2,1H3,(H,13,15). The summed E-state index contributed by atoms with van der Waals surface area (Å²) in [5.74, 6) is 0.0985. The van der Waals surface area contributed by atoms with E-state index in [-0.39, 0.29) is 17.4 Å². The summed E-state index contributed by atoms with van der Waals surface area (Å²) in [5, 5.41) is 2.85. The Morgan fingerprint density at radius 2 is 2.35 bits per heavy atom. The van der Waals surface area contributed by atoms with Crippen LogP contribution in [-0.4, -0.2) is 43.1 Å². The van der Waals surface area contributed by atoms with Gasteiger partial charge in [0.1, 0.15) is 0 Å². The topological polar surface area (TPSA) is 58.6 Å². The van der Waals surface area contributed by atoms with Crippen LogP contribution < -0.4 is 5.32 Å². The van der Waals surface area contributed by atoms with E-state index in [0.717, 1.165) is 32.2 Å². The summed E-state index contributed by atoms with van der Waals surface area (Å²) >= 11 is 0. The van der Waals surface area contributed by atoms with E-state index >= 15 is 0 Å². The van der Waals surface area contributed by atoms with Crippen LogP contribution in [0.2, 0.25) is 0 Å². The largest absolute Gasteiger partial charge is 0.449 e. The zero-order chi connectivity index (χ0) is 12.3. The molecule has 0 radical (unpaired) electrons. The summed E-state index contributed by atoms with van der Waals surface area (Å²) in [7, 11) is 0. The maximum atomic E-state index is 11.7. The lowest BCUT2D eigenvalue weighted by Crippen LogP contribution is -2.36. The average Bonchev–Trinajstić information content (AvgIpc) is 2.89. The zero-order valence-corrected chi connectivity index (χ0v) is 10.3. The van der Waals surface area contributed by atoms with E-state index in [1.807, 2.05) is 0 Å². The number of likely N-dealkylation sites (tertiary alicyclic amines) is 1. The van der Waals surface area contributed by atoms with Gasteiger partial charge in [-0.25, -0.2) is 4.79 Å². The van der Waals surface area contributed by atoms with Crippen molar-refractivity contribution >= 4 is 12.0 Å². The van der Waals surface area contributed by atoms with Crippen LogP contribution in [0.1, 0.15) is 32.6 Å². The van der Waals surface area contributed by atoms with Gasteiger partial charge in [-0.15, -0.1) is 0 Å². The lowest BCUT2D eigenvalue weighted by atomic mass is 9.86. The molecule has 2 amide bonds. The zero-order valence-electron chi connectivity index (χ0n) is 10.3. The maximum Gasteiger partial charge on any atom is 0.409 e. The van der Waals surface area contributed by atoms with Crippen molar-refractivity contribution in [1.29, 1.82) is 0 Å². The van der Waals surface area contributed by atoms with E-state index < -0.39 is 0 Å². The molecule has 0 aromatic carbocycles. The minimum Gasteiger partial charge on any atom is -0.449 e. The Hall–Kier alpha value is -1.26. The molecule has 0 saturated carbocycles. The smallest absolute Gasteiger partial charge is 0.409 e. The fourth-order valence-corrected chi connectivity index (χ4v) is 2.53. The normalized spacial score (nSPS) is 27.6. The molecular formula is C12H20N2O3. The first-order valence-corrected chi connectivity index (χ1v) is 6.38. The van der Waals surface area contributed by atoms with Gasteiger partial charge in [0, 0.05) is 19.6 Å². The third kappa shape index (κ3) is 2.37. The number of hydrogen-bond donors (Lipinski definition) is 1. The monoisotopic (exact) mass is 240 g/mol. The van der Waals surface area contributed by atoms with E-state index in [1.165, 1.54) is 0 Å². The second kappa shape index (κ2) is 4.94. The van der Waals surface area contributed by atoms with Crippen LogP contribution in [0.3, 0.4) is 0 Å². The van der Waals surface area contributed by atoms with Crippen molar-refractivity contribution in [3.8, 4) is 0 Å². The van der Waals surface area contributed by atoms with Crippen LogP contribution in [0.25, 0.3) is 0 Å². The summed E-state index contributed by atoms with van der Waals surface area (Å²) in [6, 6.07) is 0. The van der Waals surface area contributed by atoms with E-state index in [2.05, 4.69) is 12.2 Å². The van der Waals surface area contributed by atoms with Gasteiger partial charge in [0.15, 0.2) is 0 Å². The van der Waals surface area contributed by atoms with Gasteiger partial charge in [0.05, 0.1) is 12.0 Å². The Labute approximate surface area is 101 Å². The number of carbonyl (C=O) groups excluding carboxylic acids is 2. The fourth-order valence-electron chi connectivity index (χ4n) is 2.53. The molecule has 1 atom stereocenters. The first-order chi connectivity index (χ1) is 8.18. The van der Waals surface area contributed by atoms with Crippen LogP contribution in [0.15, 0.2) is 0 Å². The van der Waals surface area contributed by atoms with Crippen LogP contribution in [0.5, 0.6) is 0 Å². The Morgan fingerprint density at radius 1 is 1.53 bits per heavy atom. The molecule has 0 bridgehead atoms. The van der Waals surface area contributed by atoms with Gasteiger partial charge in [-0.05, 0) is 19.3 Å². The molecule has 2 aliphatic heterocycles. The molecule has 1 N–H and O–H groups in total. The summed E-state index contributed by atoms with van der Waals surface area (Å²) in [6.07, 6.45) is 3.24. The molecule has 17 heavy (non-hydrogen) atoms. The molecule has 5 nitrogen and oxygen atoms in total. The molecule has 0 aromatic rings. The second-order valence-corrected chi connectivity index (χ2v) is 4.93. The molecule has 5 heteroatoms. The Bertz CT molecular complexity index is 319. The van der Waals surface area contributed by atoms with Gasteiger partial charge in [-0.2, -0.15) is 0 Å². The predicted molar refractivity (Wildman–Crippen MR) is 62.5 cm³/mol. The lowest BCUT2D eigenvalue weighted by Gasteiger charge is -2.20. The van der Waals surface area contributed by atoms with Crippen molar-refractivity contribution < 1.29 is 14.3 Å². The molecule has 2 aliphatic rings. The van der Waals surface area contributed by atoms with Gasteiger partial charge >= 0.3 is 6.09 Å². The van der Waals surface area contributed by atoms with Crippen LogP contribution in [-0.2, 0) is 9.53 Å². The van der Waals surface area contributed by atoms with Crippen molar-refractivity contribution in [2.45, 2.75) is 32.6 Å². The van der Waals surface area contributed by atoms with Gasteiger partial charge in [-0.1, -0.05) is 13.3 Å². The molecule has 2 rings (SSSR count). The van der Waals surface area contributed by atoms with Gasteiger partial charge < -0.3 is 15.0 Å². The summed E-state index contributed by atoms with van der Waals surface area (Å²) < 4.78 is 5.16.